The van der Waals surface area contributed by atoms with Crippen LogP contribution in [0.15, 0.2) is 59.8 Å². The summed E-state index contributed by atoms with van der Waals surface area (Å²) < 4.78 is 2.01. The number of nitrogens with one attached hydrogen (secondary N) is 1. The van der Waals surface area contributed by atoms with Gasteiger partial charge in [-0.3, -0.25) is 4.79 Å². The number of amides is 1. The molecule has 3 aromatic rings. The quantitative estimate of drug-likeness (QED) is 0.579. The number of carbonyl (C=O) groups is 1. The maximum absolute atomic E-state index is 12.1. The van der Waals surface area contributed by atoms with Crippen molar-refractivity contribution in [2.24, 2.45) is 0 Å². The molecule has 1 heterocycles. The van der Waals surface area contributed by atoms with Gasteiger partial charge in [-0.05, 0) is 43.2 Å². The third kappa shape index (κ3) is 5.34. The Morgan fingerprint density at radius 3 is 2.56 bits per heavy atom. The first kappa shape index (κ1) is 19.5. The van der Waals surface area contributed by atoms with Gasteiger partial charge in [-0.25, -0.2) is 0 Å². The summed E-state index contributed by atoms with van der Waals surface area (Å²) in [5, 5.41) is 12.9. The van der Waals surface area contributed by atoms with E-state index in [0.29, 0.717) is 17.3 Å². The lowest BCUT2D eigenvalue weighted by Gasteiger charge is -2.08. The van der Waals surface area contributed by atoms with Gasteiger partial charge in [0.05, 0.1) is 5.75 Å². The second kappa shape index (κ2) is 9.58. The monoisotopic (exact) mass is 400 g/mol. The van der Waals surface area contributed by atoms with Gasteiger partial charge in [-0.2, -0.15) is 0 Å². The Morgan fingerprint density at radius 1 is 1.11 bits per heavy atom. The minimum absolute atomic E-state index is 0.00497. The molecule has 0 bridgehead atoms. The molecule has 0 unspecified atom stereocenters. The molecule has 1 aromatic heterocycles. The van der Waals surface area contributed by atoms with E-state index in [0.717, 1.165) is 29.5 Å². The van der Waals surface area contributed by atoms with E-state index in [1.54, 1.807) is 0 Å². The highest BCUT2D eigenvalue weighted by Gasteiger charge is 2.14. The average Bonchev–Trinajstić information content (AvgIpc) is 3.10. The normalized spacial score (nSPS) is 10.7. The number of aromatic nitrogens is 3. The van der Waals surface area contributed by atoms with Gasteiger partial charge in [0.15, 0.2) is 11.0 Å². The van der Waals surface area contributed by atoms with Crippen molar-refractivity contribution in [2.75, 3.05) is 12.3 Å². The molecule has 2 aromatic carbocycles. The summed E-state index contributed by atoms with van der Waals surface area (Å²) in [4.78, 5) is 12.1. The van der Waals surface area contributed by atoms with E-state index < -0.39 is 0 Å². The highest BCUT2D eigenvalue weighted by Crippen LogP contribution is 2.24. The fraction of sp³-hybridized carbons (Fsp3) is 0.250. The van der Waals surface area contributed by atoms with Crippen LogP contribution in [0.5, 0.6) is 0 Å². The third-order valence-corrected chi connectivity index (χ3v) is 5.27. The van der Waals surface area contributed by atoms with Crippen LogP contribution in [-0.4, -0.2) is 33.0 Å². The largest absolute Gasteiger partial charge is 0.355 e. The number of thioether (sulfide) groups is 1. The second-order valence-corrected chi connectivity index (χ2v) is 7.31. The standard InChI is InChI=1S/C20H21ClN4OS/c1-2-25-19(16-8-10-17(21)11-9-16)23-24-20(25)27-14-18(26)22-13-12-15-6-4-3-5-7-15/h3-11H,2,12-14H2,1H3,(H,22,26). The Kier molecular flexibility index (Phi) is 6.90. The lowest BCUT2D eigenvalue weighted by atomic mass is 10.1. The number of carbonyl (C=O) groups excluding carboxylic acids is 1. The fourth-order valence-electron chi connectivity index (χ4n) is 2.67. The first-order chi connectivity index (χ1) is 13.2. The predicted molar refractivity (Wildman–Crippen MR) is 110 cm³/mol. The van der Waals surface area contributed by atoms with Crippen LogP contribution in [-0.2, 0) is 17.8 Å². The topological polar surface area (TPSA) is 59.8 Å². The number of benzene rings is 2. The van der Waals surface area contributed by atoms with Crippen molar-refractivity contribution in [3.63, 3.8) is 0 Å². The first-order valence-corrected chi connectivity index (χ1v) is 10.2. The molecule has 0 saturated heterocycles. The molecular weight excluding hydrogens is 380 g/mol. The zero-order valence-electron chi connectivity index (χ0n) is 15.1. The van der Waals surface area contributed by atoms with Crippen molar-refractivity contribution >= 4 is 29.3 Å². The summed E-state index contributed by atoms with van der Waals surface area (Å²) in [6, 6.07) is 17.6. The summed E-state index contributed by atoms with van der Waals surface area (Å²) in [7, 11) is 0. The Hall–Kier alpha value is -2.31. The number of nitrogens with zero attached hydrogens (tertiary/aromatic N) is 3. The Labute approximate surface area is 168 Å². The zero-order valence-corrected chi connectivity index (χ0v) is 16.6. The minimum Gasteiger partial charge on any atom is -0.355 e. The van der Waals surface area contributed by atoms with Crippen LogP contribution in [0.3, 0.4) is 0 Å². The van der Waals surface area contributed by atoms with Crippen LogP contribution < -0.4 is 5.32 Å². The lowest BCUT2D eigenvalue weighted by Crippen LogP contribution is -2.27. The van der Waals surface area contributed by atoms with Crippen LogP contribution >= 0.6 is 23.4 Å². The Bertz CT molecular complexity index is 881. The molecule has 3 rings (SSSR count). The van der Waals surface area contributed by atoms with Crippen LogP contribution in [0.1, 0.15) is 12.5 Å². The van der Waals surface area contributed by atoms with E-state index in [1.165, 1.54) is 17.3 Å². The van der Waals surface area contributed by atoms with Gasteiger partial charge in [-0.15, -0.1) is 10.2 Å². The molecule has 1 amide bonds. The van der Waals surface area contributed by atoms with Crippen molar-refractivity contribution < 1.29 is 4.79 Å². The molecule has 27 heavy (non-hydrogen) atoms. The van der Waals surface area contributed by atoms with Crippen LogP contribution in [0.2, 0.25) is 5.02 Å². The van der Waals surface area contributed by atoms with E-state index in [2.05, 4.69) is 27.6 Å². The first-order valence-electron chi connectivity index (χ1n) is 8.80. The van der Waals surface area contributed by atoms with Crippen LogP contribution in [0, 0.1) is 0 Å². The summed E-state index contributed by atoms with van der Waals surface area (Å²) in [5.41, 5.74) is 2.16. The number of hydrogen-bond acceptors (Lipinski definition) is 4. The molecule has 0 radical (unpaired) electrons. The smallest absolute Gasteiger partial charge is 0.230 e. The van der Waals surface area contributed by atoms with Gasteiger partial charge in [0.1, 0.15) is 0 Å². The average molecular weight is 401 g/mol. The summed E-state index contributed by atoms with van der Waals surface area (Å²) in [5.74, 6) is 1.09. The molecular formula is C20H21ClN4OS. The van der Waals surface area contributed by atoms with Crippen LogP contribution in [0.4, 0.5) is 0 Å². The molecule has 5 nitrogen and oxygen atoms in total. The molecule has 0 spiro atoms. The Morgan fingerprint density at radius 2 is 1.85 bits per heavy atom. The minimum atomic E-state index is -0.00497. The van der Waals surface area contributed by atoms with Crippen molar-refractivity contribution in [1.82, 2.24) is 20.1 Å². The maximum Gasteiger partial charge on any atom is 0.230 e. The molecule has 140 valence electrons. The third-order valence-electron chi connectivity index (χ3n) is 4.05. The molecule has 0 atom stereocenters. The van der Waals surface area contributed by atoms with E-state index in [4.69, 9.17) is 11.6 Å². The summed E-state index contributed by atoms with van der Waals surface area (Å²) in [6.45, 7) is 3.38. The maximum atomic E-state index is 12.1. The van der Waals surface area contributed by atoms with E-state index in [9.17, 15) is 4.79 Å². The molecule has 1 N–H and O–H groups in total. The summed E-state index contributed by atoms with van der Waals surface area (Å²) in [6.07, 6.45) is 0.823. The van der Waals surface area contributed by atoms with Crippen molar-refractivity contribution in [1.29, 1.82) is 0 Å². The van der Waals surface area contributed by atoms with Crippen molar-refractivity contribution in [2.45, 2.75) is 25.0 Å². The molecule has 7 heteroatoms. The predicted octanol–water partition coefficient (Wildman–Crippen LogP) is 4.07. The van der Waals surface area contributed by atoms with Gasteiger partial charge >= 0.3 is 0 Å². The zero-order chi connectivity index (χ0) is 19.1. The molecule has 0 aliphatic carbocycles. The fourth-order valence-corrected chi connectivity index (χ4v) is 3.62. The van der Waals surface area contributed by atoms with Gasteiger partial charge in [0.2, 0.25) is 5.91 Å². The Balaban J connectivity index is 1.54. The van der Waals surface area contributed by atoms with Gasteiger partial charge in [-0.1, -0.05) is 53.7 Å². The number of halogens is 1. The summed E-state index contributed by atoms with van der Waals surface area (Å²) >= 11 is 7.35. The molecule has 0 fully saturated rings. The number of hydrogen-bond donors (Lipinski definition) is 1. The van der Waals surface area contributed by atoms with Gasteiger partial charge in [0, 0.05) is 23.7 Å². The highest BCUT2D eigenvalue weighted by atomic mass is 35.5. The molecule has 0 aliphatic rings. The highest BCUT2D eigenvalue weighted by molar-refractivity contribution is 7.99. The van der Waals surface area contributed by atoms with Crippen molar-refractivity contribution in [3.05, 3.63) is 65.2 Å². The van der Waals surface area contributed by atoms with E-state index in [1.807, 2.05) is 54.0 Å². The molecule has 0 aliphatic heterocycles. The molecule has 0 saturated carbocycles. The van der Waals surface area contributed by atoms with E-state index in [-0.39, 0.29) is 5.91 Å². The van der Waals surface area contributed by atoms with Crippen LogP contribution in [0.25, 0.3) is 11.4 Å². The van der Waals surface area contributed by atoms with E-state index >= 15 is 0 Å². The van der Waals surface area contributed by atoms with Gasteiger partial charge in [0.25, 0.3) is 0 Å². The van der Waals surface area contributed by atoms with Gasteiger partial charge < -0.3 is 9.88 Å². The second-order valence-electron chi connectivity index (χ2n) is 5.93. The lowest BCUT2D eigenvalue weighted by molar-refractivity contribution is -0.118. The number of rotatable bonds is 8. The SMILES string of the molecule is CCn1c(SCC(=O)NCCc2ccccc2)nnc1-c1ccc(Cl)cc1. The van der Waals surface area contributed by atoms with Crippen molar-refractivity contribution in [3.8, 4) is 11.4 Å².